The van der Waals surface area contributed by atoms with Gasteiger partial charge in [0.05, 0.1) is 9.82 Å². The summed E-state index contributed by atoms with van der Waals surface area (Å²) >= 11 is 0. The van der Waals surface area contributed by atoms with Crippen molar-refractivity contribution < 1.29 is 13.3 Å². The molecule has 26 heavy (non-hydrogen) atoms. The first-order valence-electron chi connectivity index (χ1n) is 9.01. The standard InChI is InChI=1S/C17H26N4O4S/c1-14-5-7-19(8-6-14)16-4-3-15(13-17(16)21(22)23)26(24,25)20-11-9-18(2)10-12-20/h3-4,13-14H,5-12H2,1-2H3. The molecular weight excluding hydrogens is 356 g/mol. The zero-order valence-corrected chi connectivity index (χ0v) is 16.1. The van der Waals surface area contributed by atoms with E-state index in [1.807, 2.05) is 11.9 Å². The normalized spacial score (nSPS) is 21.1. The lowest BCUT2D eigenvalue weighted by molar-refractivity contribution is -0.384. The predicted octanol–water partition coefficient (Wildman–Crippen LogP) is 1.77. The number of sulfonamides is 1. The van der Waals surface area contributed by atoms with Gasteiger partial charge >= 0.3 is 0 Å². The molecule has 0 atom stereocenters. The third-order valence-electron chi connectivity index (χ3n) is 5.37. The van der Waals surface area contributed by atoms with E-state index < -0.39 is 14.9 Å². The number of hydrogen-bond acceptors (Lipinski definition) is 6. The summed E-state index contributed by atoms with van der Waals surface area (Å²) in [5.41, 5.74) is 0.383. The Morgan fingerprint density at radius 2 is 1.69 bits per heavy atom. The Balaban J connectivity index is 1.90. The lowest BCUT2D eigenvalue weighted by atomic mass is 9.98. The molecule has 0 radical (unpaired) electrons. The summed E-state index contributed by atoms with van der Waals surface area (Å²) in [6.45, 7) is 5.81. The van der Waals surface area contributed by atoms with Crippen molar-refractivity contribution in [2.75, 3.05) is 51.2 Å². The molecule has 0 amide bonds. The molecule has 1 aromatic rings. The van der Waals surface area contributed by atoms with Crippen LogP contribution in [0.1, 0.15) is 19.8 Å². The van der Waals surface area contributed by atoms with Gasteiger partial charge in [-0.15, -0.1) is 0 Å². The van der Waals surface area contributed by atoms with Gasteiger partial charge in [0.25, 0.3) is 5.69 Å². The number of anilines is 1. The van der Waals surface area contributed by atoms with Gasteiger partial charge in [-0.05, 0) is 37.9 Å². The van der Waals surface area contributed by atoms with Crippen LogP contribution in [0, 0.1) is 16.0 Å². The molecule has 0 N–H and O–H groups in total. The summed E-state index contributed by atoms with van der Waals surface area (Å²) in [4.78, 5) is 15.2. The minimum Gasteiger partial charge on any atom is -0.366 e. The molecule has 0 aromatic heterocycles. The van der Waals surface area contributed by atoms with Crippen molar-refractivity contribution in [3.05, 3.63) is 28.3 Å². The topological polar surface area (TPSA) is 87.0 Å². The molecule has 2 aliphatic heterocycles. The van der Waals surface area contributed by atoms with Crippen molar-refractivity contribution in [1.82, 2.24) is 9.21 Å². The van der Waals surface area contributed by atoms with E-state index in [-0.39, 0.29) is 10.6 Å². The maximum Gasteiger partial charge on any atom is 0.293 e. The highest BCUT2D eigenvalue weighted by Crippen LogP contribution is 2.34. The average molecular weight is 382 g/mol. The van der Waals surface area contributed by atoms with Crippen molar-refractivity contribution in [2.24, 2.45) is 5.92 Å². The molecule has 2 saturated heterocycles. The fourth-order valence-electron chi connectivity index (χ4n) is 3.50. The largest absolute Gasteiger partial charge is 0.366 e. The second-order valence-electron chi connectivity index (χ2n) is 7.28. The van der Waals surface area contributed by atoms with Crippen LogP contribution < -0.4 is 4.90 Å². The third kappa shape index (κ3) is 3.84. The Bertz CT molecular complexity index is 767. The van der Waals surface area contributed by atoms with Crippen molar-refractivity contribution in [1.29, 1.82) is 0 Å². The Morgan fingerprint density at radius 1 is 1.08 bits per heavy atom. The number of piperazine rings is 1. The van der Waals surface area contributed by atoms with E-state index in [9.17, 15) is 18.5 Å². The molecule has 9 heteroatoms. The van der Waals surface area contributed by atoms with Gasteiger partial charge in [0, 0.05) is 45.3 Å². The predicted molar refractivity (Wildman–Crippen MR) is 100.0 cm³/mol. The Kier molecular flexibility index (Phi) is 5.50. The summed E-state index contributed by atoms with van der Waals surface area (Å²) in [5.74, 6) is 0.613. The van der Waals surface area contributed by atoms with Crippen LogP contribution in [-0.4, -0.2) is 68.9 Å². The molecule has 8 nitrogen and oxygen atoms in total. The van der Waals surface area contributed by atoms with Gasteiger partial charge in [0.2, 0.25) is 10.0 Å². The number of piperidine rings is 1. The van der Waals surface area contributed by atoms with Crippen LogP contribution in [-0.2, 0) is 10.0 Å². The summed E-state index contributed by atoms with van der Waals surface area (Å²) in [5, 5.41) is 11.6. The Hall–Kier alpha value is -1.71. The fraction of sp³-hybridized carbons (Fsp3) is 0.647. The van der Waals surface area contributed by atoms with Crippen molar-refractivity contribution in [3.63, 3.8) is 0 Å². The number of rotatable bonds is 4. The fourth-order valence-corrected chi connectivity index (χ4v) is 4.95. The van der Waals surface area contributed by atoms with Gasteiger partial charge in [0.1, 0.15) is 5.69 Å². The quantitative estimate of drug-likeness (QED) is 0.583. The maximum absolute atomic E-state index is 12.9. The first-order valence-corrected chi connectivity index (χ1v) is 10.4. The van der Waals surface area contributed by atoms with Crippen LogP contribution in [0.3, 0.4) is 0 Å². The lowest BCUT2D eigenvalue weighted by Crippen LogP contribution is -2.47. The molecule has 2 aliphatic rings. The summed E-state index contributed by atoms with van der Waals surface area (Å²) < 4.78 is 27.2. The number of benzene rings is 1. The highest BCUT2D eigenvalue weighted by Gasteiger charge is 2.31. The highest BCUT2D eigenvalue weighted by molar-refractivity contribution is 7.89. The number of nitro groups is 1. The summed E-state index contributed by atoms with van der Waals surface area (Å²) in [7, 11) is -1.77. The maximum atomic E-state index is 12.9. The minimum absolute atomic E-state index is 0.00267. The number of nitro benzene ring substituents is 1. The molecule has 0 spiro atoms. The van der Waals surface area contributed by atoms with Gasteiger partial charge in [0.15, 0.2) is 0 Å². The molecular formula is C17H26N4O4S. The van der Waals surface area contributed by atoms with Crippen molar-refractivity contribution >= 4 is 21.4 Å². The van der Waals surface area contributed by atoms with Crippen LogP contribution in [0.15, 0.2) is 23.1 Å². The van der Waals surface area contributed by atoms with Gasteiger partial charge in [-0.2, -0.15) is 4.31 Å². The van der Waals surface area contributed by atoms with Crippen LogP contribution in [0.2, 0.25) is 0 Å². The van der Waals surface area contributed by atoms with Gasteiger partial charge < -0.3 is 9.80 Å². The average Bonchev–Trinajstić information content (AvgIpc) is 2.62. The van der Waals surface area contributed by atoms with Gasteiger partial charge in [-0.1, -0.05) is 6.92 Å². The molecule has 0 bridgehead atoms. The van der Waals surface area contributed by atoms with Crippen LogP contribution in [0.5, 0.6) is 0 Å². The summed E-state index contributed by atoms with van der Waals surface area (Å²) in [6.07, 6.45) is 1.97. The van der Waals surface area contributed by atoms with Crippen molar-refractivity contribution in [3.8, 4) is 0 Å². The monoisotopic (exact) mass is 382 g/mol. The highest BCUT2D eigenvalue weighted by atomic mass is 32.2. The molecule has 1 aromatic carbocycles. The van der Waals surface area contributed by atoms with Crippen LogP contribution in [0.25, 0.3) is 0 Å². The summed E-state index contributed by atoms with van der Waals surface area (Å²) in [6, 6.07) is 4.33. The number of likely N-dealkylation sites (N-methyl/N-ethyl adjacent to an activating group) is 1. The first-order chi connectivity index (χ1) is 12.3. The second kappa shape index (κ2) is 7.50. The molecule has 3 rings (SSSR count). The molecule has 0 saturated carbocycles. The van der Waals surface area contributed by atoms with E-state index in [2.05, 4.69) is 11.8 Å². The zero-order valence-electron chi connectivity index (χ0n) is 15.3. The van der Waals surface area contributed by atoms with Crippen LogP contribution in [0.4, 0.5) is 11.4 Å². The Morgan fingerprint density at radius 3 is 2.27 bits per heavy atom. The van der Waals surface area contributed by atoms with E-state index in [1.165, 1.54) is 16.4 Å². The second-order valence-corrected chi connectivity index (χ2v) is 9.22. The lowest BCUT2D eigenvalue weighted by Gasteiger charge is -2.32. The number of hydrogen-bond donors (Lipinski definition) is 0. The first kappa shape index (κ1) is 19.1. The van der Waals surface area contributed by atoms with E-state index >= 15 is 0 Å². The van der Waals surface area contributed by atoms with Crippen molar-refractivity contribution in [2.45, 2.75) is 24.7 Å². The molecule has 0 unspecified atom stereocenters. The van der Waals surface area contributed by atoms with E-state index in [0.717, 1.165) is 25.9 Å². The minimum atomic E-state index is -3.71. The smallest absolute Gasteiger partial charge is 0.293 e. The third-order valence-corrected chi connectivity index (χ3v) is 7.26. The Labute approximate surface area is 154 Å². The molecule has 144 valence electrons. The molecule has 2 fully saturated rings. The van der Waals surface area contributed by atoms with Crippen LogP contribution >= 0.6 is 0 Å². The van der Waals surface area contributed by atoms with E-state index in [1.54, 1.807) is 6.07 Å². The van der Waals surface area contributed by atoms with Gasteiger partial charge in [-0.3, -0.25) is 10.1 Å². The number of nitrogens with zero attached hydrogens (tertiary/aromatic N) is 4. The van der Waals surface area contributed by atoms with E-state index in [4.69, 9.17) is 0 Å². The zero-order chi connectivity index (χ0) is 18.9. The molecule has 0 aliphatic carbocycles. The SMILES string of the molecule is CC1CCN(c2ccc(S(=O)(=O)N3CCN(C)CC3)cc2[N+](=O)[O-])CC1. The molecule has 2 heterocycles. The van der Waals surface area contributed by atoms with Gasteiger partial charge in [-0.25, -0.2) is 8.42 Å². The van der Waals surface area contributed by atoms with E-state index in [0.29, 0.717) is 37.8 Å².